The predicted molar refractivity (Wildman–Crippen MR) is 64.8 cm³/mol. The minimum atomic E-state index is 0.816. The molecule has 1 rings (SSSR count). The van der Waals surface area contributed by atoms with Gasteiger partial charge in [0, 0.05) is 12.4 Å². The largest absolute Gasteiger partial charge is 0.349 e. The maximum absolute atomic E-state index is 5.36. The third-order valence-electron chi connectivity index (χ3n) is 2.21. The average Bonchev–Trinajstić information content (AvgIpc) is 2.72. The summed E-state index contributed by atoms with van der Waals surface area (Å²) < 4.78 is 0. The first-order valence-corrected chi connectivity index (χ1v) is 5.62. The number of imidazole rings is 1. The topological polar surface area (TPSA) is 57.9 Å². The molecule has 15 heavy (non-hydrogen) atoms. The molecule has 1 aromatic rings. The van der Waals surface area contributed by atoms with E-state index in [1.54, 1.807) is 12.4 Å². The van der Waals surface area contributed by atoms with Gasteiger partial charge in [-0.25, -0.2) is 4.98 Å². The van der Waals surface area contributed by atoms with Crippen LogP contribution in [0.5, 0.6) is 0 Å². The van der Waals surface area contributed by atoms with Crippen LogP contribution in [-0.2, 0) is 0 Å². The van der Waals surface area contributed by atoms with Crippen LogP contribution in [-0.4, -0.2) is 41.0 Å². The molecule has 0 saturated carbocycles. The highest BCUT2D eigenvalue weighted by Gasteiger charge is 1.94. The number of nitrogens with zero attached hydrogens (tertiary/aromatic N) is 2. The number of nitrogens with two attached hydrogens (primary N) is 1. The molecule has 0 aromatic carbocycles. The molecule has 0 atom stereocenters. The molecule has 88 valence electrons. The number of H-pyrrole nitrogens is 1. The fourth-order valence-corrected chi connectivity index (χ4v) is 1.20. The Balaban J connectivity index is 0.000000280. The van der Waals surface area contributed by atoms with E-state index in [9.17, 15) is 0 Å². The average molecular weight is 212 g/mol. The summed E-state index contributed by atoms with van der Waals surface area (Å²) in [6.07, 6.45) is 4.66. The number of aryl methyl sites for hydroxylation is 1. The Morgan fingerprint density at radius 3 is 2.33 bits per heavy atom. The van der Waals surface area contributed by atoms with Crippen LogP contribution < -0.4 is 5.73 Å². The zero-order chi connectivity index (χ0) is 11.5. The molecule has 1 heterocycles. The van der Waals surface area contributed by atoms with E-state index < -0.39 is 0 Å². The van der Waals surface area contributed by atoms with Gasteiger partial charge in [0.05, 0.1) is 0 Å². The minimum absolute atomic E-state index is 0.816. The van der Waals surface area contributed by atoms with E-state index in [1.165, 1.54) is 0 Å². The quantitative estimate of drug-likeness (QED) is 0.775. The van der Waals surface area contributed by atoms with Gasteiger partial charge in [-0.2, -0.15) is 0 Å². The van der Waals surface area contributed by atoms with E-state index in [0.717, 1.165) is 38.4 Å². The summed E-state index contributed by atoms with van der Waals surface area (Å²) in [5.41, 5.74) is 5.36. The Labute approximate surface area is 92.9 Å². The zero-order valence-electron chi connectivity index (χ0n) is 10.2. The van der Waals surface area contributed by atoms with E-state index in [2.05, 4.69) is 28.7 Å². The van der Waals surface area contributed by atoms with Gasteiger partial charge in [0.2, 0.25) is 0 Å². The van der Waals surface area contributed by atoms with Crippen molar-refractivity contribution in [2.75, 3.05) is 26.2 Å². The number of aromatic amines is 1. The van der Waals surface area contributed by atoms with Crippen LogP contribution in [0.25, 0.3) is 0 Å². The lowest BCUT2D eigenvalue weighted by molar-refractivity contribution is 0.302. The first-order chi connectivity index (χ1) is 7.24. The van der Waals surface area contributed by atoms with Crippen molar-refractivity contribution >= 4 is 0 Å². The minimum Gasteiger partial charge on any atom is -0.349 e. The van der Waals surface area contributed by atoms with Crippen molar-refractivity contribution in [1.82, 2.24) is 14.9 Å². The van der Waals surface area contributed by atoms with E-state index in [4.69, 9.17) is 5.73 Å². The Kier molecular flexibility index (Phi) is 9.11. The first kappa shape index (κ1) is 14.1. The molecular formula is C11H24N4. The number of hydrogen-bond donors (Lipinski definition) is 2. The first-order valence-electron chi connectivity index (χ1n) is 5.62. The number of hydrogen-bond acceptors (Lipinski definition) is 3. The summed E-state index contributed by atoms with van der Waals surface area (Å²) in [4.78, 5) is 9.13. The molecule has 0 fully saturated rings. The number of aromatic nitrogens is 2. The fourth-order valence-electron chi connectivity index (χ4n) is 1.20. The van der Waals surface area contributed by atoms with Gasteiger partial charge in [0.1, 0.15) is 5.82 Å². The summed E-state index contributed by atoms with van der Waals surface area (Å²) >= 11 is 0. The maximum atomic E-state index is 5.36. The van der Waals surface area contributed by atoms with Gasteiger partial charge in [0.15, 0.2) is 0 Å². The van der Waals surface area contributed by atoms with Crippen LogP contribution in [0.15, 0.2) is 12.4 Å². The van der Waals surface area contributed by atoms with Crippen molar-refractivity contribution in [2.24, 2.45) is 5.73 Å². The van der Waals surface area contributed by atoms with E-state index in [1.807, 2.05) is 6.92 Å². The lowest BCUT2D eigenvalue weighted by Gasteiger charge is -2.16. The molecule has 0 unspecified atom stereocenters. The van der Waals surface area contributed by atoms with Crippen LogP contribution in [0.3, 0.4) is 0 Å². The summed E-state index contributed by atoms with van der Waals surface area (Å²) in [7, 11) is 0. The molecule has 0 aliphatic heterocycles. The smallest absolute Gasteiger partial charge is 0.102 e. The maximum Gasteiger partial charge on any atom is 0.102 e. The Hall–Kier alpha value is -0.870. The summed E-state index contributed by atoms with van der Waals surface area (Å²) in [5.74, 6) is 0.968. The van der Waals surface area contributed by atoms with Crippen molar-refractivity contribution in [2.45, 2.75) is 27.2 Å². The van der Waals surface area contributed by atoms with Crippen LogP contribution in [0.1, 0.15) is 26.1 Å². The molecule has 0 saturated heterocycles. The molecule has 1 aromatic heterocycles. The molecule has 0 bridgehead atoms. The molecule has 0 aliphatic carbocycles. The van der Waals surface area contributed by atoms with Gasteiger partial charge >= 0.3 is 0 Å². The Morgan fingerprint density at radius 2 is 2.07 bits per heavy atom. The van der Waals surface area contributed by atoms with Gasteiger partial charge < -0.3 is 15.6 Å². The molecule has 0 spiro atoms. The highest BCUT2D eigenvalue weighted by Crippen LogP contribution is 1.87. The monoisotopic (exact) mass is 212 g/mol. The van der Waals surface area contributed by atoms with Crippen molar-refractivity contribution in [3.8, 4) is 0 Å². The second kappa shape index (κ2) is 9.68. The highest BCUT2D eigenvalue weighted by molar-refractivity contribution is 4.80. The van der Waals surface area contributed by atoms with Crippen molar-refractivity contribution in [3.05, 3.63) is 18.2 Å². The number of rotatable bonds is 5. The summed E-state index contributed by atoms with van der Waals surface area (Å²) in [6.45, 7) is 10.5. The zero-order valence-corrected chi connectivity index (χ0v) is 10.2. The number of nitrogens with one attached hydrogen (secondary N) is 1. The lowest BCUT2D eigenvalue weighted by Crippen LogP contribution is -2.25. The lowest BCUT2D eigenvalue weighted by atomic mass is 10.4. The molecule has 3 N–H and O–H groups in total. The summed E-state index contributed by atoms with van der Waals surface area (Å²) in [6, 6.07) is 0. The van der Waals surface area contributed by atoms with Crippen LogP contribution in [0.2, 0.25) is 0 Å². The van der Waals surface area contributed by atoms with Gasteiger partial charge in [0.25, 0.3) is 0 Å². The van der Waals surface area contributed by atoms with Gasteiger partial charge in [-0.1, -0.05) is 13.8 Å². The van der Waals surface area contributed by atoms with Crippen LogP contribution in [0.4, 0.5) is 0 Å². The highest BCUT2D eigenvalue weighted by atomic mass is 15.1. The molecule has 0 radical (unpaired) electrons. The fraction of sp³-hybridized carbons (Fsp3) is 0.727. The standard InChI is InChI=1S/C7H18N2.C4H6N2/c1-3-9(4-2)7-5-6-8;1-4-5-2-3-6-4/h3-8H2,1-2H3;2-3H,1H3,(H,5,6). The molecule has 4 heteroatoms. The van der Waals surface area contributed by atoms with Crippen LogP contribution >= 0.6 is 0 Å². The SMILES string of the molecule is CCN(CC)CCCN.Cc1ncc[nH]1. The second-order valence-electron chi connectivity index (χ2n) is 3.34. The third kappa shape index (κ3) is 8.15. The van der Waals surface area contributed by atoms with E-state index >= 15 is 0 Å². The van der Waals surface area contributed by atoms with E-state index in [0.29, 0.717) is 0 Å². The van der Waals surface area contributed by atoms with Crippen molar-refractivity contribution in [1.29, 1.82) is 0 Å². The molecule has 0 amide bonds. The normalized spacial score (nSPS) is 9.93. The Morgan fingerprint density at radius 1 is 1.40 bits per heavy atom. The van der Waals surface area contributed by atoms with Gasteiger partial charge in [-0.15, -0.1) is 0 Å². The second-order valence-corrected chi connectivity index (χ2v) is 3.34. The Bertz CT molecular complexity index is 204. The molecular weight excluding hydrogens is 188 g/mol. The van der Waals surface area contributed by atoms with Crippen LogP contribution in [0, 0.1) is 6.92 Å². The van der Waals surface area contributed by atoms with E-state index in [-0.39, 0.29) is 0 Å². The van der Waals surface area contributed by atoms with Gasteiger partial charge in [-0.05, 0) is 39.5 Å². The van der Waals surface area contributed by atoms with Crippen molar-refractivity contribution < 1.29 is 0 Å². The van der Waals surface area contributed by atoms with Gasteiger partial charge in [-0.3, -0.25) is 0 Å². The predicted octanol–water partition coefficient (Wildman–Crippen LogP) is 1.40. The van der Waals surface area contributed by atoms with Crippen molar-refractivity contribution in [3.63, 3.8) is 0 Å². The third-order valence-corrected chi connectivity index (χ3v) is 2.21. The molecule has 4 nitrogen and oxygen atoms in total. The summed E-state index contributed by atoms with van der Waals surface area (Å²) in [5, 5.41) is 0. The molecule has 0 aliphatic rings.